The summed E-state index contributed by atoms with van der Waals surface area (Å²) in [4.78, 5) is 7.53. The highest BCUT2D eigenvalue weighted by atomic mass is 19.4. The number of alkyl halides is 3. The van der Waals surface area contributed by atoms with Crippen LogP contribution in [0.2, 0.25) is 0 Å². The molecule has 3 aliphatic heterocycles. The van der Waals surface area contributed by atoms with Crippen LogP contribution in [0, 0.1) is 11.8 Å². The van der Waals surface area contributed by atoms with Crippen molar-refractivity contribution in [2.24, 2.45) is 11.8 Å². The summed E-state index contributed by atoms with van der Waals surface area (Å²) in [6.07, 6.45) is -1.21. The molecule has 3 heterocycles. The first-order chi connectivity index (χ1) is 17.8. The summed E-state index contributed by atoms with van der Waals surface area (Å²) in [6.45, 7) is 5.01. The lowest BCUT2D eigenvalue weighted by molar-refractivity contribution is -0.206. The van der Waals surface area contributed by atoms with Crippen LogP contribution in [-0.2, 0) is 6.42 Å². The van der Waals surface area contributed by atoms with E-state index in [1.165, 1.54) is 36.1 Å². The minimum absolute atomic E-state index is 0.0358. The zero-order chi connectivity index (χ0) is 25.6. The highest BCUT2D eigenvalue weighted by Gasteiger charge is 2.57. The molecule has 0 bridgehead atoms. The summed E-state index contributed by atoms with van der Waals surface area (Å²) in [7, 11) is 0. The molecule has 2 aromatic carbocycles. The van der Waals surface area contributed by atoms with Crippen LogP contribution in [0.5, 0.6) is 0 Å². The van der Waals surface area contributed by atoms with Crippen LogP contribution < -0.4 is 4.90 Å². The first-order valence-electron chi connectivity index (χ1n) is 14.0. The number of fused-ring (bicyclic) bond motifs is 3. The lowest BCUT2D eigenvalue weighted by atomic mass is 9.74. The second-order valence-electron chi connectivity index (χ2n) is 11.7. The molecule has 7 heteroatoms. The van der Waals surface area contributed by atoms with Crippen LogP contribution in [-0.4, -0.2) is 72.0 Å². The van der Waals surface area contributed by atoms with E-state index in [0.29, 0.717) is 24.4 Å². The summed E-state index contributed by atoms with van der Waals surface area (Å²) in [5, 5.41) is 9.54. The molecule has 2 aromatic rings. The third-order valence-corrected chi connectivity index (χ3v) is 9.77. The van der Waals surface area contributed by atoms with E-state index >= 15 is 0 Å². The van der Waals surface area contributed by atoms with E-state index in [1.807, 2.05) is 0 Å². The molecule has 4 atom stereocenters. The molecular formula is C30H38F3N3O. The van der Waals surface area contributed by atoms with E-state index in [4.69, 9.17) is 0 Å². The third kappa shape index (κ3) is 4.68. The molecule has 4 nitrogen and oxygen atoms in total. The van der Waals surface area contributed by atoms with Crippen molar-refractivity contribution >= 4 is 5.69 Å². The van der Waals surface area contributed by atoms with Gasteiger partial charge >= 0.3 is 6.18 Å². The SMILES string of the molecule is OC(CCN1CC2CN(c3ccccc3)C3(CCN(C4CCCc5ccccc54)CC3)C2C1)C(F)(F)F. The van der Waals surface area contributed by atoms with Gasteiger partial charge in [0, 0.05) is 62.5 Å². The van der Waals surface area contributed by atoms with Crippen molar-refractivity contribution in [1.82, 2.24) is 9.80 Å². The number of aliphatic hydroxyl groups is 1. The normalized spacial score (nSPS) is 28.9. The number of benzene rings is 2. The minimum Gasteiger partial charge on any atom is -0.384 e. The van der Waals surface area contributed by atoms with Gasteiger partial charge in [-0.25, -0.2) is 0 Å². The Balaban J connectivity index is 1.20. The molecule has 3 fully saturated rings. The van der Waals surface area contributed by atoms with E-state index in [-0.39, 0.29) is 12.0 Å². The van der Waals surface area contributed by atoms with Crippen LogP contribution in [0.4, 0.5) is 18.9 Å². The van der Waals surface area contributed by atoms with Crippen molar-refractivity contribution in [3.63, 3.8) is 0 Å². The summed E-state index contributed by atoms with van der Waals surface area (Å²) >= 11 is 0. The highest BCUT2D eigenvalue weighted by molar-refractivity contribution is 5.52. The topological polar surface area (TPSA) is 30.0 Å². The molecule has 4 unspecified atom stereocenters. The van der Waals surface area contributed by atoms with Gasteiger partial charge in [-0.15, -0.1) is 0 Å². The van der Waals surface area contributed by atoms with E-state index in [9.17, 15) is 18.3 Å². The Morgan fingerprint density at radius 1 is 0.946 bits per heavy atom. The van der Waals surface area contributed by atoms with E-state index in [0.717, 1.165) is 45.6 Å². The fourth-order valence-corrected chi connectivity index (χ4v) is 7.96. The largest absolute Gasteiger partial charge is 0.414 e. The van der Waals surface area contributed by atoms with Gasteiger partial charge in [-0.3, -0.25) is 4.90 Å². The molecular weight excluding hydrogens is 475 g/mol. The maximum absolute atomic E-state index is 12.9. The number of piperidine rings is 1. The monoisotopic (exact) mass is 513 g/mol. The Hall–Kier alpha value is -2.09. The standard InChI is InChI=1S/C30H38F3N3O/c31-30(32,33)28(37)13-16-34-19-23-20-36(24-9-2-1-3-10-24)29(26(23)21-34)14-17-35(18-15-29)27-12-6-8-22-7-4-5-11-25(22)27/h1-5,7,9-11,23,26-28,37H,6,8,12-21H2. The molecule has 37 heavy (non-hydrogen) atoms. The molecule has 0 amide bonds. The van der Waals surface area contributed by atoms with Gasteiger partial charge in [0.2, 0.25) is 0 Å². The Morgan fingerprint density at radius 3 is 2.43 bits per heavy atom. The fraction of sp³-hybridized carbons (Fsp3) is 0.600. The predicted octanol–water partition coefficient (Wildman–Crippen LogP) is 5.28. The van der Waals surface area contributed by atoms with Gasteiger partial charge in [0.25, 0.3) is 0 Å². The maximum atomic E-state index is 12.9. The average molecular weight is 514 g/mol. The van der Waals surface area contributed by atoms with Crippen molar-refractivity contribution < 1.29 is 18.3 Å². The third-order valence-electron chi connectivity index (χ3n) is 9.77. The number of rotatable bonds is 5. The van der Waals surface area contributed by atoms with Gasteiger partial charge < -0.3 is 14.9 Å². The minimum atomic E-state index is -4.54. The Kier molecular flexibility index (Phi) is 6.74. The van der Waals surface area contributed by atoms with Gasteiger partial charge in [0.05, 0.1) is 0 Å². The predicted molar refractivity (Wildman–Crippen MR) is 140 cm³/mol. The first kappa shape index (κ1) is 25.2. The van der Waals surface area contributed by atoms with Gasteiger partial charge in [-0.2, -0.15) is 13.2 Å². The van der Waals surface area contributed by atoms with Crippen molar-refractivity contribution in [3.8, 4) is 0 Å². The van der Waals surface area contributed by atoms with Crippen LogP contribution in [0.1, 0.15) is 49.3 Å². The number of nitrogens with zero attached hydrogens (tertiary/aromatic N) is 3. The first-order valence-corrected chi connectivity index (χ1v) is 14.0. The highest BCUT2D eigenvalue weighted by Crippen LogP contribution is 2.52. The van der Waals surface area contributed by atoms with Crippen molar-refractivity contribution in [1.29, 1.82) is 0 Å². The summed E-state index contributed by atoms with van der Waals surface area (Å²) < 4.78 is 38.6. The van der Waals surface area contributed by atoms with Crippen LogP contribution in [0.15, 0.2) is 54.6 Å². The van der Waals surface area contributed by atoms with Gasteiger partial charge in [0.1, 0.15) is 0 Å². The maximum Gasteiger partial charge on any atom is 0.414 e. The van der Waals surface area contributed by atoms with Crippen LogP contribution in [0.25, 0.3) is 0 Å². The average Bonchev–Trinajstić information content (AvgIpc) is 3.45. The zero-order valence-electron chi connectivity index (χ0n) is 21.4. The van der Waals surface area contributed by atoms with Crippen molar-refractivity contribution in [3.05, 3.63) is 65.7 Å². The van der Waals surface area contributed by atoms with E-state index < -0.39 is 12.3 Å². The number of aryl methyl sites for hydroxylation is 1. The summed E-state index contributed by atoms with van der Waals surface area (Å²) in [6, 6.07) is 20.1. The van der Waals surface area contributed by atoms with Crippen LogP contribution in [0.3, 0.4) is 0 Å². The molecule has 6 rings (SSSR count). The van der Waals surface area contributed by atoms with Gasteiger partial charge in [-0.05, 0) is 67.7 Å². The molecule has 0 saturated carbocycles. The van der Waals surface area contributed by atoms with Crippen LogP contribution >= 0.6 is 0 Å². The molecule has 1 spiro atoms. The fourth-order valence-electron chi connectivity index (χ4n) is 7.96. The van der Waals surface area contributed by atoms with Crippen molar-refractivity contribution in [2.45, 2.75) is 62.4 Å². The van der Waals surface area contributed by atoms with Gasteiger partial charge in [0.15, 0.2) is 6.10 Å². The number of para-hydroxylation sites is 1. The zero-order valence-corrected chi connectivity index (χ0v) is 21.4. The second-order valence-corrected chi connectivity index (χ2v) is 11.7. The van der Waals surface area contributed by atoms with Crippen molar-refractivity contribution in [2.75, 3.05) is 44.2 Å². The summed E-state index contributed by atoms with van der Waals surface area (Å²) in [5.41, 5.74) is 4.31. The lowest BCUT2D eigenvalue weighted by Gasteiger charge is -2.51. The number of hydrogen-bond acceptors (Lipinski definition) is 4. The molecule has 200 valence electrons. The second kappa shape index (κ2) is 9.90. The molecule has 0 radical (unpaired) electrons. The van der Waals surface area contributed by atoms with E-state index in [1.54, 1.807) is 0 Å². The number of aliphatic hydroxyl groups excluding tert-OH is 1. The Morgan fingerprint density at radius 2 is 1.68 bits per heavy atom. The quantitative estimate of drug-likeness (QED) is 0.589. The molecule has 0 aromatic heterocycles. The smallest absolute Gasteiger partial charge is 0.384 e. The number of likely N-dealkylation sites (tertiary alicyclic amines) is 2. The number of anilines is 1. The molecule has 4 aliphatic rings. The Bertz CT molecular complexity index is 1070. The molecule has 3 saturated heterocycles. The van der Waals surface area contributed by atoms with Gasteiger partial charge in [-0.1, -0.05) is 42.5 Å². The number of hydrogen-bond donors (Lipinski definition) is 1. The molecule has 1 N–H and O–H groups in total. The summed E-state index contributed by atoms with van der Waals surface area (Å²) in [5.74, 6) is 0.890. The lowest BCUT2D eigenvalue weighted by Crippen LogP contribution is -2.57. The number of halogens is 3. The Labute approximate surface area is 218 Å². The van der Waals surface area contributed by atoms with E-state index in [2.05, 4.69) is 69.3 Å². The molecule has 1 aliphatic carbocycles.